The molecule has 0 bridgehead atoms. The van der Waals surface area contributed by atoms with Crippen molar-refractivity contribution in [3.8, 4) is 22.6 Å². The summed E-state index contributed by atoms with van der Waals surface area (Å²) >= 11 is 0. The summed E-state index contributed by atoms with van der Waals surface area (Å²) < 4.78 is 12.1. The van der Waals surface area contributed by atoms with Gasteiger partial charge in [0.25, 0.3) is 5.69 Å². The number of nitrogens with zero attached hydrogens (tertiary/aromatic N) is 1. The van der Waals surface area contributed by atoms with Gasteiger partial charge in [-0.05, 0) is 39.7 Å². The van der Waals surface area contributed by atoms with Crippen LogP contribution in [-0.4, -0.2) is 17.1 Å². The number of nitro benzene ring substituents is 1. The van der Waals surface area contributed by atoms with Crippen molar-refractivity contribution in [1.29, 1.82) is 0 Å². The maximum absolute atomic E-state index is 11.5. The molecule has 5 aromatic rings. The van der Waals surface area contributed by atoms with Crippen molar-refractivity contribution in [2.45, 2.75) is 13.2 Å². The molecule has 0 aromatic heterocycles. The third-order valence-corrected chi connectivity index (χ3v) is 6.17. The molecule has 0 spiro atoms. The molecule has 0 saturated heterocycles. The van der Waals surface area contributed by atoms with Gasteiger partial charge in [0.2, 0.25) is 0 Å². The summed E-state index contributed by atoms with van der Waals surface area (Å²) in [6.45, 7) is -0.152. The molecule has 5 rings (SSSR count). The van der Waals surface area contributed by atoms with Crippen molar-refractivity contribution in [3.05, 3.63) is 112 Å². The van der Waals surface area contributed by atoms with Gasteiger partial charge in [0.15, 0.2) is 0 Å². The van der Waals surface area contributed by atoms with Gasteiger partial charge in [-0.2, -0.15) is 0 Å². The highest BCUT2D eigenvalue weighted by Crippen LogP contribution is 2.47. The van der Waals surface area contributed by atoms with Gasteiger partial charge in [0.1, 0.15) is 18.1 Å². The molecule has 5 aromatic carbocycles. The molecule has 0 aliphatic carbocycles. The second-order valence-corrected chi connectivity index (χ2v) is 8.16. The molecule has 0 aliphatic heterocycles. The Labute approximate surface area is 202 Å². The normalized spacial score (nSPS) is 11.0. The SMILES string of the molecule is COc1c(CO)cc2ccccc2c1-c1c(OCc2ccccc2[N+](=O)[O-])ccc2ccccc12. The number of benzene rings is 5. The van der Waals surface area contributed by atoms with Crippen LogP contribution in [0.5, 0.6) is 11.5 Å². The third-order valence-electron chi connectivity index (χ3n) is 6.17. The molecule has 0 aliphatic rings. The second kappa shape index (κ2) is 9.44. The molecule has 0 heterocycles. The van der Waals surface area contributed by atoms with Crippen LogP contribution in [0.4, 0.5) is 5.69 Å². The Bertz CT molecular complexity index is 1560. The summed E-state index contributed by atoms with van der Waals surface area (Å²) in [7, 11) is 1.59. The van der Waals surface area contributed by atoms with E-state index in [1.165, 1.54) is 6.07 Å². The Morgan fingerprint density at radius 1 is 0.800 bits per heavy atom. The zero-order valence-corrected chi connectivity index (χ0v) is 19.1. The fourth-order valence-electron chi connectivity index (χ4n) is 4.58. The number of aliphatic hydroxyl groups excluding tert-OH is 1. The lowest BCUT2D eigenvalue weighted by atomic mass is 9.90. The van der Waals surface area contributed by atoms with Crippen molar-refractivity contribution in [3.63, 3.8) is 0 Å². The standard InChI is InChI=1S/C29H23NO5/c1-34-29-22(17-31)16-20-9-3-6-12-24(20)28(29)27-23-11-5-2-8-19(23)14-15-26(27)35-18-21-10-4-7-13-25(21)30(32)33/h2-16,31H,17-18H2,1H3. The summed E-state index contributed by atoms with van der Waals surface area (Å²) in [5, 5.41) is 25.5. The maximum atomic E-state index is 11.5. The average molecular weight is 466 g/mol. The van der Waals surface area contributed by atoms with Crippen LogP contribution in [0, 0.1) is 10.1 Å². The van der Waals surface area contributed by atoms with Crippen LogP contribution in [0.1, 0.15) is 11.1 Å². The first-order valence-corrected chi connectivity index (χ1v) is 11.2. The highest BCUT2D eigenvalue weighted by Gasteiger charge is 2.22. The molecule has 0 atom stereocenters. The minimum Gasteiger partial charge on any atom is -0.496 e. The van der Waals surface area contributed by atoms with Gasteiger partial charge in [-0.25, -0.2) is 0 Å². The maximum Gasteiger partial charge on any atom is 0.276 e. The van der Waals surface area contributed by atoms with Crippen molar-refractivity contribution in [2.24, 2.45) is 0 Å². The Morgan fingerprint density at radius 2 is 1.46 bits per heavy atom. The van der Waals surface area contributed by atoms with Crippen molar-refractivity contribution in [1.82, 2.24) is 0 Å². The molecule has 0 radical (unpaired) electrons. The first-order valence-electron chi connectivity index (χ1n) is 11.2. The van der Waals surface area contributed by atoms with Gasteiger partial charge in [-0.3, -0.25) is 10.1 Å². The van der Waals surface area contributed by atoms with Gasteiger partial charge < -0.3 is 14.6 Å². The largest absolute Gasteiger partial charge is 0.496 e. The molecular weight excluding hydrogens is 442 g/mol. The molecule has 0 unspecified atom stereocenters. The fraction of sp³-hybridized carbons (Fsp3) is 0.103. The van der Waals surface area contributed by atoms with E-state index < -0.39 is 4.92 Å². The lowest BCUT2D eigenvalue weighted by molar-refractivity contribution is -0.385. The first kappa shape index (κ1) is 22.4. The zero-order valence-electron chi connectivity index (χ0n) is 19.1. The predicted molar refractivity (Wildman–Crippen MR) is 137 cm³/mol. The summed E-state index contributed by atoms with van der Waals surface area (Å²) in [4.78, 5) is 11.1. The summed E-state index contributed by atoms with van der Waals surface area (Å²) in [6, 6.07) is 28.2. The fourth-order valence-corrected chi connectivity index (χ4v) is 4.58. The second-order valence-electron chi connectivity index (χ2n) is 8.16. The van der Waals surface area contributed by atoms with Crippen LogP contribution >= 0.6 is 0 Å². The zero-order chi connectivity index (χ0) is 24.4. The number of rotatable bonds is 7. The van der Waals surface area contributed by atoms with Crippen LogP contribution in [0.25, 0.3) is 32.7 Å². The van der Waals surface area contributed by atoms with Crippen LogP contribution in [0.3, 0.4) is 0 Å². The summed E-state index contributed by atoms with van der Waals surface area (Å²) in [6.07, 6.45) is 0. The summed E-state index contributed by atoms with van der Waals surface area (Å²) in [5.41, 5.74) is 2.78. The van der Waals surface area contributed by atoms with Crippen molar-refractivity contribution >= 4 is 27.2 Å². The smallest absolute Gasteiger partial charge is 0.276 e. The Kier molecular flexibility index (Phi) is 6.04. The molecule has 6 heteroatoms. The van der Waals surface area contributed by atoms with E-state index in [9.17, 15) is 15.2 Å². The van der Waals surface area contributed by atoms with E-state index in [1.807, 2.05) is 66.7 Å². The number of fused-ring (bicyclic) bond motifs is 2. The Hall–Kier alpha value is -4.42. The van der Waals surface area contributed by atoms with Crippen LogP contribution in [0.2, 0.25) is 0 Å². The minimum atomic E-state index is -0.402. The van der Waals surface area contributed by atoms with E-state index >= 15 is 0 Å². The number of hydrogen-bond donors (Lipinski definition) is 1. The molecule has 0 amide bonds. The highest BCUT2D eigenvalue weighted by atomic mass is 16.6. The molecular formula is C29H23NO5. The summed E-state index contributed by atoms with van der Waals surface area (Å²) in [5.74, 6) is 1.14. The molecule has 0 fully saturated rings. The first-order chi connectivity index (χ1) is 17.1. The van der Waals surface area contributed by atoms with E-state index in [0.717, 1.165) is 32.7 Å². The van der Waals surface area contributed by atoms with Crippen molar-refractivity contribution in [2.75, 3.05) is 7.11 Å². The topological polar surface area (TPSA) is 81.8 Å². The van der Waals surface area contributed by atoms with Crippen LogP contribution < -0.4 is 9.47 Å². The quantitative estimate of drug-likeness (QED) is 0.215. The number of nitro groups is 1. The van der Waals surface area contributed by atoms with E-state index in [4.69, 9.17) is 9.47 Å². The van der Waals surface area contributed by atoms with Gasteiger partial charge in [-0.15, -0.1) is 0 Å². The average Bonchev–Trinajstić information content (AvgIpc) is 2.90. The predicted octanol–water partition coefficient (Wildman–Crippen LogP) is 6.65. The minimum absolute atomic E-state index is 0.0140. The number of ether oxygens (including phenoxy) is 2. The Morgan fingerprint density at radius 3 is 2.17 bits per heavy atom. The molecule has 174 valence electrons. The van der Waals surface area contributed by atoms with Crippen LogP contribution in [-0.2, 0) is 13.2 Å². The Balaban J connectivity index is 1.77. The number of hydrogen-bond acceptors (Lipinski definition) is 5. The van der Waals surface area contributed by atoms with Gasteiger partial charge in [-0.1, -0.05) is 66.7 Å². The molecule has 1 N–H and O–H groups in total. The number of para-hydroxylation sites is 1. The van der Waals surface area contributed by atoms with Crippen molar-refractivity contribution < 1.29 is 19.5 Å². The number of methoxy groups -OCH3 is 1. The van der Waals surface area contributed by atoms with E-state index in [-0.39, 0.29) is 18.9 Å². The van der Waals surface area contributed by atoms with Gasteiger partial charge >= 0.3 is 0 Å². The third kappa shape index (κ3) is 4.05. The molecule has 6 nitrogen and oxygen atoms in total. The monoisotopic (exact) mass is 465 g/mol. The van der Waals surface area contributed by atoms with Gasteiger partial charge in [0.05, 0.1) is 24.2 Å². The molecule has 35 heavy (non-hydrogen) atoms. The lowest BCUT2D eigenvalue weighted by Crippen LogP contribution is -2.03. The van der Waals surface area contributed by atoms with E-state index in [0.29, 0.717) is 22.6 Å². The van der Waals surface area contributed by atoms with Crippen LogP contribution in [0.15, 0.2) is 91.0 Å². The van der Waals surface area contributed by atoms with Gasteiger partial charge in [0, 0.05) is 22.8 Å². The molecule has 0 saturated carbocycles. The number of aliphatic hydroxyl groups is 1. The van der Waals surface area contributed by atoms with E-state index in [1.54, 1.807) is 25.3 Å². The highest BCUT2D eigenvalue weighted by molar-refractivity contribution is 6.10. The van der Waals surface area contributed by atoms with E-state index in [2.05, 4.69) is 0 Å². The lowest BCUT2D eigenvalue weighted by Gasteiger charge is -2.20.